The number of ketones is 1. The Balaban J connectivity index is 1.78. The highest BCUT2D eigenvalue weighted by molar-refractivity contribution is 5.99. The van der Waals surface area contributed by atoms with Crippen LogP contribution in [0.3, 0.4) is 0 Å². The van der Waals surface area contributed by atoms with E-state index in [1.807, 2.05) is 36.4 Å². The van der Waals surface area contributed by atoms with Gasteiger partial charge in [-0.2, -0.15) is 0 Å². The number of nitrogens with one attached hydrogen (secondary N) is 1. The number of anilines is 1. The predicted octanol–water partition coefficient (Wildman–Crippen LogP) is 4.83. The van der Waals surface area contributed by atoms with Crippen LogP contribution in [0.1, 0.15) is 34.5 Å². The van der Waals surface area contributed by atoms with Crippen LogP contribution >= 0.6 is 0 Å². The van der Waals surface area contributed by atoms with Gasteiger partial charge in [-0.25, -0.2) is 4.79 Å². The number of ether oxygens (including phenoxy) is 1. The first-order valence-electron chi connectivity index (χ1n) is 9.43. The van der Waals surface area contributed by atoms with E-state index in [2.05, 4.69) is 5.32 Å². The minimum atomic E-state index is -1.14. The average molecular weight is 399 g/mol. The van der Waals surface area contributed by atoms with Crippen LogP contribution in [0.2, 0.25) is 0 Å². The lowest BCUT2D eigenvalue weighted by Gasteiger charge is -2.17. The maximum absolute atomic E-state index is 12.9. The fourth-order valence-electron chi connectivity index (χ4n) is 2.81. The fourth-order valence-corrected chi connectivity index (χ4v) is 2.81. The lowest BCUT2D eigenvalue weighted by Crippen LogP contribution is -2.25. The molecule has 5 nitrogen and oxygen atoms in total. The van der Waals surface area contributed by atoms with E-state index in [0.717, 1.165) is 5.56 Å². The van der Waals surface area contributed by atoms with E-state index in [1.165, 1.54) is 13.0 Å². The van der Waals surface area contributed by atoms with Crippen molar-refractivity contribution in [2.45, 2.75) is 13.0 Å². The first kappa shape index (κ1) is 20.7. The quantitative estimate of drug-likeness (QED) is 0.351. The Bertz CT molecular complexity index is 1060. The first-order valence-corrected chi connectivity index (χ1v) is 9.43. The Morgan fingerprint density at radius 1 is 0.867 bits per heavy atom. The van der Waals surface area contributed by atoms with E-state index in [0.29, 0.717) is 16.8 Å². The highest BCUT2D eigenvalue weighted by Gasteiger charge is 2.24. The number of hydrogen-bond donors (Lipinski definition) is 1. The van der Waals surface area contributed by atoms with Gasteiger partial charge in [0.15, 0.2) is 5.78 Å². The molecule has 0 aromatic heterocycles. The van der Waals surface area contributed by atoms with Crippen LogP contribution in [0.4, 0.5) is 5.69 Å². The molecule has 5 heteroatoms. The third-order valence-corrected chi connectivity index (χ3v) is 4.32. The summed E-state index contributed by atoms with van der Waals surface area (Å²) in [5.74, 6) is -1.26. The molecule has 3 aromatic rings. The maximum Gasteiger partial charge on any atom is 0.331 e. The minimum Gasteiger partial charge on any atom is -0.444 e. The molecule has 150 valence electrons. The van der Waals surface area contributed by atoms with Gasteiger partial charge in [-0.15, -0.1) is 0 Å². The molecule has 0 spiro atoms. The van der Waals surface area contributed by atoms with Gasteiger partial charge in [0.1, 0.15) is 0 Å². The second kappa shape index (κ2) is 9.98. The van der Waals surface area contributed by atoms with E-state index in [4.69, 9.17) is 4.74 Å². The number of rotatable bonds is 7. The Hall–Kier alpha value is -3.99. The van der Waals surface area contributed by atoms with Crippen molar-refractivity contribution in [1.29, 1.82) is 0 Å². The van der Waals surface area contributed by atoms with Gasteiger partial charge in [0.05, 0.1) is 0 Å². The SMILES string of the molecule is CC(=O)c1cccc(NC(=O)C(OC(=O)/C=C/c2ccccc2)c2ccccc2)c1. The Morgan fingerprint density at radius 2 is 1.53 bits per heavy atom. The molecule has 0 fully saturated rings. The van der Waals surface area contributed by atoms with Crippen LogP contribution in [0.5, 0.6) is 0 Å². The van der Waals surface area contributed by atoms with Crippen LogP contribution in [-0.2, 0) is 14.3 Å². The Morgan fingerprint density at radius 3 is 2.20 bits per heavy atom. The molecule has 1 N–H and O–H groups in total. The third kappa shape index (κ3) is 5.75. The molecular formula is C25H21NO4. The highest BCUT2D eigenvalue weighted by Crippen LogP contribution is 2.21. The van der Waals surface area contributed by atoms with Gasteiger partial charge >= 0.3 is 5.97 Å². The molecule has 0 aliphatic heterocycles. The summed E-state index contributed by atoms with van der Waals surface area (Å²) in [4.78, 5) is 36.9. The minimum absolute atomic E-state index is 0.108. The van der Waals surface area contributed by atoms with Crippen LogP contribution in [0, 0.1) is 0 Å². The van der Waals surface area contributed by atoms with Crippen molar-refractivity contribution < 1.29 is 19.1 Å². The Labute approximate surface area is 175 Å². The van der Waals surface area contributed by atoms with E-state index < -0.39 is 18.0 Å². The molecule has 0 aliphatic carbocycles. The number of carbonyl (C=O) groups excluding carboxylic acids is 3. The summed E-state index contributed by atoms with van der Waals surface area (Å²) in [5, 5.41) is 2.72. The van der Waals surface area contributed by atoms with E-state index in [9.17, 15) is 14.4 Å². The number of amides is 1. The summed E-state index contributed by atoms with van der Waals surface area (Å²) in [6.07, 6.45) is 1.77. The molecule has 3 aromatic carbocycles. The molecule has 1 unspecified atom stereocenters. The van der Waals surface area contributed by atoms with Crippen LogP contribution in [0.15, 0.2) is 91.0 Å². The summed E-state index contributed by atoms with van der Waals surface area (Å²) in [5.41, 5.74) is 2.31. The van der Waals surface area contributed by atoms with Crippen LogP contribution in [0.25, 0.3) is 6.08 Å². The van der Waals surface area contributed by atoms with Gasteiger partial charge in [-0.1, -0.05) is 72.8 Å². The van der Waals surface area contributed by atoms with Crippen molar-refractivity contribution in [2.75, 3.05) is 5.32 Å². The smallest absolute Gasteiger partial charge is 0.331 e. The van der Waals surface area contributed by atoms with Gasteiger partial charge in [0.2, 0.25) is 6.10 Å². The number of carbonyl (C=O) groups is 3. The molecule has 0 saturated carbocycles. The van der Waals surface area contributed by atoms with Crippen molar-refractivity contribution in [3.05, 3.63) is 108 Å². The standard InChI is InChI=1S/C25H21NO4/c1-18(27)21-13-8-14-22(17-21)26-25(29)24(20-11-6-3-7-12-20)30-23(28)16-15-19-9-4-2-5-10-19/h2-17,24H,1H3,(H,26,29)/b16-15+. The monoisotopic (exact) mass is 399 g/mol. The first-order chi connectivity index (χ1) is 14.5. The zero-order chi connectivity index (χ0) is 21.3. The van der Waals surface area contributed by atoms with Gasteiger partial charge in [0, 0.05) is 22.9 Å². The second-order valence-electron chi connectivity index (χ2n) is 6.60. The molecule has 0 bridgehead atoms. The van der Waals surface area contributed by atoms with Gasteiger partial charge in [-0.3, -0.25) is 9.59 Å². The van der Waals surface area contributed by atoms with Gasteiger partial charge < -0.3 is 10.1 Å². The lowest BCUT2D eigenvalue weighted by atomic mass is 10.1. The largest absolute Gasteiger partial charge is 0.444 e. The summed E-state index contributed by atoms with van der Waals surface area (Å²) in [6.45, 7) is 1.45. The summed E-state index contributed by atoms with van der Waals surface area (Å²) in [7, 11) is 0. The maximum atomic E-state index is 12.9. The van der Waals surface area contributed by atoms with Gasteiger partial charge in [0.25, 0.3) is 5.91 Å². The molecular weight excluding hydrogens is 378 g/mol. The molecule has 30 heavy (non-hydrogen) atoms. The van der Waals surface area contributed by atoms with Crippen molar-refractivity contribution in [1.82, 2.24) is 0 Å². The fraction of sp³-hybridized carbons (Fsp3) is 0.0800. The van der Waals surface area contributed by atoms with E-state index in [1.54, 1.807) is 54.6 Å². The van der Waals surface area contributed by atoms with E-state index in [-0.39, 0.29) is 5.78 Å². The molecule has 0 heterocycles. The Kier molecular flexibility index (Phi) is 6.90. The number of esters is 1. The van der Waals surface area contributed by atoms with Crippen molar-refractivity contribution in [3.8, 4) is 0 Å². The van der Waals surface area contributed by atoms with Crippen LogP contribution < -0.4 is 5.32 Å². The third-order valence-electron chi connectivity index (χ3n) is 4.32. The summed E-state index contributed by atoms with van der Waals surface area (Å²) in [6, 6.07) is 24.7. The molecule has 0 aliphatic rings. The van der Waals surface area contributed by atoms with Crippen molar-refractivity contribution in [2.24, 2.45) is 0 Å². The predicted molar refractivity (Wildman–Crippen MR) is 116 cm³/mol. The zero-order valence-electron chi connectivity index (χ0n) is 16.4. The van der Waals surface area contributed by atoms with Crippen molar-refractivity contribution in [3.63, 3.8) is 0 Å². The second-order valence-corrected chi connectivity index (χ2v) is 6.60. The van der Waals surface area contributed by atoms with Crippen molar-refractivity contribution >= 4 is 29.4 Å². The topological polar surface area (TPSA) is 72.5 Å². The summed E-state index contributed by atoms with van der Waals surface area (Å²) < 4.78 is 5.47. The molecule has 1 amide bonds. The molecule has 1 atom stereocenters. The summed E-state index contributed by atoms with van der Waals surface area (Å²) >= 11 is 0. The van der Waals surface area contributed by atoms with E-state index >= 15 is 0 Å². The molecule has 0 radical (unpaired) electrons. The average Bonchev–Trinajstić information content (AvgIpc) is 2.77. The number of benzene rings is 3. The molecule has 0 saturated heterocycles. The van der Waals surface area contributed by atoms with Gasteiger partial charge in [-0.05, 0) is 30.7 Å². The lowest BCUT2D eigenvalue weighted by molar-refractivity contribution is -0.149. The number of Topliss-reactive ketones (excluding diaryl/α,β-unsaturated/α-hetero) is 1. The number of hydrogen-bond acceptors (Lipinski definition) is 4. The van der Waals surface area contributed by atoms with Crippen LogP contribution in [-0.4, -0.2) is 17.7 Å². The zero-order valence-corrected chi connectivity index (χ0v) is 16.4. The molecule has 3 rings (SSSR count). The highest BCUT2D eigenvalue weighted by atomic mass is 16.5. The normalized spacial score (nSPS) is 11.6.